The van der Waals surface area contributed by atoms with Gasteiger partial charge >= 0.3 is 0 Å². The number of guanidine groups is 1. The van der Waals surface area contributed by atoms with Gasteiger partial charge in [-0.05, 0) is 50.9 Å². The Bertz CT molecular complexity index is 644. The predicted octanol–water partition coefficient (Wildman–Crippen LogP) is 3.42. The fourth-order valence-corrected chi connectivity index (χ4v) is 3.54. The summed E-state index contributed by atoms with van der Waals surface area (Å²) in [7, 11) is 6.01. The number of aliphatic imine (C=N–C) groups is 1. The van der Waals surface area contributed by atoms with Crippen molar-refractivity contribution < 1.29 is 9.47 Å². The van der Waals surface area contributed by atoms with Gasteiger partial charge < -0.3 is 25.0 Å². The highest BCUT2D eigenvalue weighted by molar-refractivity contribution is 14.0. The van der Waals surface area contributed by atoms with Gasteiger partial charge in [0, 0.05) is 38.9 Å². The molecule has 0 amide bonds. The van der Waals surface area contributed by atoms with Crippen molar-refractivity contribution in [3.63, 3.8) is 0 Å². The van der Waals surface area contributed by atoms with E-state index in [-0.39, 0.29) is 35.5 Å². The van der Waals surface area contributed by atoms with Gasteiger partial charge in [0.1, 0.15) is 12.4 Å². The van der Waals surface area contributed by atoms with E-state index < -0.39 is 0 Å². The van der Waals surface area contributed by atoms with Crippen LogP contribution >= 0.6 is 24.0 Å². The van der Waals surface area contributed by atoms with Crippen LogP contribution in [-0.4, -0.2) is 64.4 Å². The molecule has 2 rings (SSSR count). The second-order valence-corrected chi connectivity index (χ2v) is 8.74. The van der Waals surface area contributed by atoms with Gasteiger partial charge in [-0.1, -0.05) is 26.0 Å². The molecule has 0 aromatic heterocycles. The van der Waals surface area contributed by atoms with Crippen LogP contribution in [0.25, 0.3) is 0 Å². The molecule has 6 nitrogen and oxygen atoms in total. The average molecular weight is 518 g/mol. The van der Waals surface area contributed by atoms with E-state index >= 15 is 0 Å². The average Bonchev–Trinajstić information content (AvgIpc) is 3.13. The summed E-state index contributed by atoms with van der Waals surface area (Å²) < 4.78 is 11.8. The molecule has 0 radical (unpaired) electrons. The lowest BCUT2D eigenvalue weighted by Crippen LogP contribution is -2.44. The van der Waals surface area contributed by atoms with Gasteiger partial charge in [0.05, 0.1) is 6.10 Å². The first-order valence-electron chi connectivity index (χ1n) is 10.2. The maximum Gasteiger partial charge on any atom is 0.191 e. The quantitative estimate of drug-likeness (QED) is 0.298. The van der Waals surface area contributed by atoms with Crippen LogP contribution in [0, 0.1) is 12.3 Å². The minimum atomic E-state index is 0. The van der Waals surface area contributed by atoms with Crippen molar-refractivity contribution in [2.75, 3.05) is 47.4 Å². The van der Waals surface area contributed by atoms with Crippen LogP contribution in [0.3, 0.4) is 0 Å². The number of hydrogen-bond acceptors (Lipinski definition) is 4. The molecule has 1 atom stereocenters. The summed E-state index contributed by atoms with van der Waals surface area (Å²) >= 11 is 0. The van der Waals surface area contributed by atoms with Crippen molar-refractivity contribution in [2.24, 2.45) is 10.4 Å². The van der Waals surface area contributed by atoms with Gasteiger partial charge in [0.2, 0.25) is 0 Å². The van der Waals surface area contributed by atoms with Crippen LogP contribution < -0.4 is 15.4 Å². The molecule has 1 unspecified atom stereocenters. The van der Waals surface area contributed by atoms with E-state index in [0.29, 0.717) is 13.2 Å². The third kappa shape index (κ3) is 9.53. The second kappa shape index (κ2) is 12.6. The Balaban J connectivity index is 0.00000420. The van der Waals surface area contributed by atoms with Crippen LogP contribution in [0.1, 0.15) is 37.8 Å². The highest BCUT2D eigenvalue weighted by atomic mass is 127. The largest absolute Gasteiger partial charge is 0.491 e. The molecule has 1 aliphatic heterocycles. The van der Waals surface area contributed by atoms with E-state index in [1.54, 1.807) is 7.05 Å². The Morgan fingerprint density at radius 2 is 2.07 bits per heavy atom. The van der Waals surface area contributed by atoms with E-state index in [0.717, 1.165) is 49.8 Å². The Kier molecular flexibility index (Phi) is 11.3. The maximum absolute atomic E-state index is 6.10. The summed E-state index contributed by atoms with van der Waals surface area (Å²) in [5.41, 5.74) is 2.47. The van der Waals surface area contributed by atoms with Gasteiger partial charge in [-0.15, -0.1) is 24.0 Å². The molecule has 29 heavy (non-hydrogen) atoms. The standard InChI is InChI=1S/C22H38N4O2.HI/c1-17-9-10-18(20(12-17)28-14-19-8-7-11-27-19)13-24-21(23-4)25-15-22(2,3)16-26(5)6;/h9-10,12,19H,7-8,11,13-16H2,1-6H3,(H2,23,24,25);1H. The topological polar surface area (TPSA) is 58.1 Å². The minimum Gasteiger partial charge on any atom is -0.491 e. The Labute approximate surface area is 193 Å². The molecular formula is C22H39IN4O2. The van der Waals surface area contributed by atoms with Crippen molar-refractivity contribution in [2.45, 2.75) is 46.3 Å². The summed E-state index contributed by atoms with van der Waals surface area (Å²) in [6, 6.07) is 6.34. The molecule has 2 N–H and O–H groups in total. The summed E-state index contributed by atoms with van der Waals surface area (Å²) in [5, 5.41) is 6.86. The number of ether oxygens (including phenoxy) is 2. The molecule has 0 spiro atoms. The van der Waals surface area contributed by atoms with Gasteiger partial charge in [-0.3, -0.25) is 4.99 Å². The van der Waals surface area contributed by atoms with Crippen LogP contribution in [0.2, 0.25) is 0 Å². The summed E-state index contributed by atoms with van der Waals surface area (Å²) in [5.74, 6) is 1.73. The zero-order chi connectivity index (χ0) is 20.6. The first kappa shape index (κ1) is 26.0. The highest BCUT2D eigenvalue weighted by Gasteiger charge is 2.20. The van der Waals surface area contributed by atoms with Gasteiger partial charge in [-0.2, -0.15) is 0 Å². The summed E-state index contributed by atoms with van der Waals surface area (Å²) in [6.07, 6.45) is 2.43. The third-order valence-electron chi connectivity index (χ3n) is 4.82. The number of nitrogens with one attached hydrogen (secondary N) is 2. The molecule has 1 aromatic rings. The molecular weight excluding hydrogens is 479 g/mol. The molecule has 7 heteroatoms. The van der Waals surface area contributed by atoms with Crippen LogP contribution in [-0.2, 0) is 11.3 Å². The van der Waals surface area contributed by atoms with Crippen LogP contribution in [0.5, 0.6) is 5.75 Å². The molecule has 1 aromatic carbocycles. The predicted molar refractivity (Wildman–Crippen MR) is 132 cm³/mol. The van der Waals surface area contributed by atoms with E-state index in [1.165, 1.54) is 5.56 Å². The van der Waals surface area contributed by atoms with Gasteiger partial charge in [-0.25, -0.2) is 0 Å². The fourth-order valence-electron chi connectivity index (χ4n) is 3.54. The van der Waals surface area contributed by atoms with Crippen molar-refractivity contribution >= 4 is 29.9 Å². The minimum absolute atomic E-state index is 0. The lowest BCUT2D eigenvalue weighted by molar-refractivity contribution is 0.0676. The first-order valence-corrected chi connectivity index (χ1v) is 10.2. The molecule has 1 heterocycles. The van der Waals surface area contributed by atoms with Crippen LogP contribution in [0.4, 0.5) is 0 Å². The number of aryl methyl sites for hydroxylation is 1. The number of hydrogen-bond donors (Lipinski definition) is 2. The van der Waals surface area contributed by atoms with Crippen LogP contribution in [0.15, 0.2) is 23.2 Å². The van der Waals surface area contributed by atoms with Crippen molar-refractivity contribution in [1.82, 2.24) is 15.5 Å². The molecule has 1 aliphatic rings. The molecule has 166 valence electrons. The second-order valence-electron chi connectivity index (χ2n) is 8.74. The summed E-state index contributed by atoms with van der Waals surface area (Å²) in [6.45, 7) is 10.6. The van der Waals surface area contributed by atoms with E-state index in [1.807, 2.05) is 0 Å². The number of halogens is 1. The van der Waals surface area contributed by atoms with E-state index in [4.69, 9.17) is 9.47 Å². The number of benzene rings is 1. The molecule has 0 bridgehead atoms. The molecule has 1 fully saturated rings. The maximum atomic E-state index is 6.10. The summed E-state index contributed by atoms with van der Waals surface area (Å²) in [4.78, 5) is 6.57. The van der Waals surface area contributed by atoms with Gasteiger partial charge in [0.15, 0.2) is 5.96 Å². The number of rotatable bonds is 9. The fraction of sp³-hybridized carbons (Fsp3) is 0.682. The monoisotopic (exact) mass is 518 g/mol. The Morgan fingerprint density at radius 1 is 1.31 bits per heavy atom. The smallest absolute Gasteiger partial charge is 0.191 e. The number of nitrogens with zero attached hydrogens (tertiary/aromatic N) is 2. The zero-order valence-corrected chi connectivity index (χ0v) is 21.2. The SMILES string of the molecule is CN=C(NCc1ccc(C)cc1OCC1CCCO1)NCC(C)(C)CN(C)C.I. The molecule has 0 aliphatic carbocycles. The highest BCUT2D eigenvalue weighted by Crippen LogP contribution is 2.22. The zero-order valence-electron chi connectivity index (χ0n) is 18.9. The van der Waals surface area contributed by atoms with Gasteiger partial charge in [0.25, 0.3) is 0 Å². The lowest BCUT2D eigenvalue weighted by atomic mass is 9.93. The normalized spacial score (nSPS) is 17.2. The van der Waals surface area contributed by atoms with Crippen molar-refractivity contribution in [3.8, 4) is 5.75 Å². The van der Waals surface area contributed by atoms with E-state index in [9.17, 15) is 0 Å². The third-order valence-corrected chi connectivity index (χ3v) is 4.82. The van der Waals surface area contributed by atoms with Crippen molar-refractivity contribution in [3.05, 3.63) is 29.3 Å². The lowest BCUT2D eigenvalue weighted by Gasteiger charge is -2.29. The first-order chi connectivity index (χ1) is 13.3. The van der Waals surface area contributed by atoms with E-state index in [2.05, 4.69) is 73.6 Å². The Hall–Kier alpha value is -1.06. The molecule has 0 saturated carbocycles. The van der Waals surface area contributed by atoms with Crippen molar-refractivity contribution in [1.29, 1.82) is 0 Å². The molecule has 1 saturated heterocycles. The Morgan fingerprint density at radius 3 is 2.69 bits per heavy atom.